The van der Waals surface area contributed by atoms with E-state index in [1.54, 1.807) is 18.2 Å². The number of ether oxygens (including phenoxy) is 2. The van der Waals surface area contributed by atoms with Crippen LogP contribution >= 0.6 is 23.1 Å². The van der Waals surface area contributed by atoms with E-state index >= 15 is 0 Å². The minimum atomic E-state index is -0.520. The van der Waals surface area contributed by atoms with E-state index in [1.165, 1.54) is 25.0 Å². The summed E-state index contributed by atoms with van der Waals surface area (Å²) in [5.74, 6) is 0.974. The minimum absolute atomic E-state index is 0.0851. The molecule has 10 nitrogen and oxygen atoms in total. The Hall–Kier alpha value is -2.86. The number of benzene rings is 1. The van der Waals surface area contributed by atoms with Gasteiger partial charge in [0, 0.05) is 6.07 Å². The van der Waals surface area contributed by atoms with E-state index in [0.717, 1.165) is 23.1 Å². The number of nitrogens with one attached hydrogen (secondary N) is 1. The first-order chi connectivity index (χ1) is 12.0. The van der Waals surface area contributed by atoms with E-state index in [2.05, 4.69) is 15.2 Å². The zero-order chi connectivity index (χ0) is 18.0. The van der Waals surface area contributed by atoms with Gasteiger partial charge in [-0.05, 0) is 35.2 Å². The Balaban J connectivity index is 1.99. The number of thiazole rings is 1. The zero-order valence-corrected chi connectivity index (χ0v) is 14.6. The number of hydrogen-bond acceptors (Lipinski definition) is 9. The molecule has 25 heavy (non-hydrogen) atoms. The SMILES string of the molecule is COc1ccc(-n2c(Sc3ncc([N+](=O)[O-])s3)n[nH]c2=O)cc1OC. The predicted octanol–water partition coefficient (Wildman–Crippen LogP) is 2.09. The zero-order valence-electron chi connectivity index (χ0n) is 13.0. The number of methoxy groups -OCH3 is 2. The van der Waals surface area contributed by atoms with E-state index < -0.39 is 10.6 Å². The summed E-state index contributed by atoms with van der Waals surface area (Å²) in [6.45, 7) is 0. The van der Waals surface area contributed by atoms with Crippen molar-refractivity contribution < 1.29 is 14.4 Å². The maximum absolute atomic E-state index is 12.1. The molecule has 0 atom stereocenters. The van der Waals surface area contributed by atoms with Crippen LogP contribution in [0.3, 0.4) is 0 Å². The Morgan fingerprint density at radius 1 is 1.32 bits per heavy atom. The summed E-state index contributed by atoms with van der Waals surface area (Å²) in [7, 11) is 3.00. The monoisotopic (exact) mass is 381 g/mol. The molecule has 0 aliphatic heterocycles. The second-order valence-electron chi connectivity index (χ2n) is 4.51. The van der Waals surface area contributed by atoms with Crippen LogP contribution in [0.15, 0.2) is 38.7 Å². The maximum Gasteiger partial charge on any atom is 0.348 e. The Labute approximate surface area is 148 Å². The smallest absolute Gasteiger partial charge is 0.348 e. The fourth-order valence-corrected chi connectivity index (χ4v) is 3.75. The third-order valence-electron chi connectivity index (χ3n) is 3.10. The summed E-state index contributed by atoms with van der Waals surface area (Å²) in [5, 5.41) is 17.3. The van der Waals surface area contributed by atoms with Crippen molar-refractivity contribution in [3.8, 4) is 17.2 Å². The molecule has 3 rings (SSSR count). The van der Waals surface area contributed by atoms with Crippen molar-refractivity contribution in [1.82, 2.24) is 19.7 Å². The highest BCUT2D eigenvalue weighted by molar-refractivity contribution is 8.00. The lowest BCUT2D eigenvalue weighted by Crippen LogP contribution is -2.15. The number of aromatic amines is 1. The molecule has 130 valence electrons. The van der Waals surface area contributed by atoms with E-state index in [1.807, 2.05) is 0 Å². The molecule has 0 spiro atoms. The summed E-state index contributed by atoms with van der Waals surface area (Å²) in [6, 6.07) is 4.97. The molecule has 0 aliphatic rings. The van der Waals surface area contributed by atoms with Gasteiger partial charge in [-0.15, -0.1) is 5.10 Å². The van der Waals surface area contributed by atoms with Crippen LogP contribution in [-0.2, 0) is 0 Å². The van der Waals surface area contributed by atoms with Gasteiger partial charge in [-0.2, -0.15) is 0 Å². The van der Waals surface area contributed by atoms with Gasteiger partial charge in [-0.25, -0.2) is 19.4 Å². The number of rotatable bonds is 6. The van der Waals surface area contributed by atoms with E-state index in [4.69, 9.17) is 9.47 Å². The van der Waals surface area contributed by atoms with E-state index in [9.17, 15) is 14.9 Å². The minimum Gasteiger partial charge on any atom is -0.493 e. The molecule has 0 bridgehead atoms. The Morgan fingerprint density at radius 3 is 2.72 bits per heavy atom. The lowest BCUT2D eigenvalue weighted by atomic mass is 10.2. The van der Waals surface area contributed by atoms with Crippen LogP contribution < -0.4 is 15.2 Å². The fourth-order valence-electron chi connectivity index (χ4n) is 2.00. The first-order valence-corrected chi connectivity index (χ1v) is 8.34. The molecular weight excluding hydrogens is 370 g/mol. The summed E-state index contributed by atoms with van der Waals surface area (Å²) in [6.07, 6.45) is 1.17. The summed E-state index contributed by atoms with van der Waals surface area (Å²) in [5.41, 5.74) is 0.0470. The third-order valence-corrected chi connectivity index (χ3v) is 5.08. The lowest BCUT2D eigenvalue weighted by Gasteiger charge is -2.10. The molecule has 0 amide bonds. The molecular formula is C13H11N5O5S2. The van der Waals surface area contributed by atoms with Crippen molar-refractivity contribution in [3.63, 3.8) is 0 Å². The van der Waals surface area contributed by atoms with Gasteiger partial charge in [-0.3, -0.25) is 10.1 Å². The topological polar surface area (TPSA) is 125 Å². The Kier molecular flexibility index (Phi) is 4.72. The number of aromatic nitrogens is 4. The van der Waals surface area contributed by atoms with Crippen LogP contribution in [0, 0.1) is 10.1 Å². The molecule has 2 aromatic heterocycles. The second-order valence-corrected chi connectivity index (χ2v) is 6.73. The third kappa shape index (κ3) is 3.34. The van der Waals surface area contributed by atoms with Gasteiger partial charge in [-0.1, -0.05) is 0 Å². The highest BCUT2D eigenvalue weighted by Gasteiger charge is 2.18. The lowest BCUT2D eigenvalue weighted by molar-refractivity contribution is -0.380. The summed E-state index contributed by atoms with van der Waals surface area (Å²) < 4.78 is 12.1. The summed E-state index contributed by atoms with van der Waals surface area (Å²) >= 11 is 1.94. The van der Waals surface area contributed by atoms with Crippen molar-refractivity contribution in [3.05, 3.63) is 45.0 Å². The molecule has 12 heteroatoms. The van der Waals surface area contributed by atoms with Gasteiger partial charge >= 0.3 is 10.7 Å². The van der Waals surface area contributed by atoms with Gasteiger partial charge in [0.1, 0.15) is 6.20 Å². The Bertz CT molecular complexity index is 979. The molecule has 0 unspecified atom stereocenters. The number of hydrogen-bond donors (Lipinski definition) is 1. The van der Waals surface area contributed by atoms with Gasteiger partial charge in [0.15, 0.2) is 15.8 Å². The maximum atomic E-state index is 12.1. The van der Waals surface area contributed by atoms with Crippen molar-refractivity contribution in [2.45, 2.75) is 9.50 Å². The molecule has 0 fully saturated rings. The average Bonchev–Trinajstić information content (AvgIpc) is 3.22. The quantitative estimate of drug-likeness (QED) is 0.508. The van der Waals surface area contributed by atoms with Crippen molar-refractivity contribution in [2.75, 3.05) is 14.2 Å². The molecule has 0 radical (unpaired) electrons. The first-order valence-electron chi connectivity index (χ1n) is 6.71. The van der Waals surface area contributed by atoms with Crippen LogP contribution in [0.5, 0.6) is 11.5 Å². The number of nitrogens with zero attached hydrogens (tertiary/aromatic N) is 4. The van der Waals surface area contributed by atoms with Crippen LogP contribution in [0.25, 0.3) is 5.69 Å². The fraction of sp³-hybridized carbons (Fsp3) is 0.154. The summed E-state index contributed by atoms with van der Waals surface area (Å²) in [4.78, 5) is 26.3. The van der Waals surface area contributed by atoms with E-state index in [-0.39, 0.29) is 5.00 Å². The number of nitro groups is 1. The predicted molar refractivity (Wildman–Crippen MR) is 90.2 cm³/mol. The molecule has 0 saturated carbocycles. The van der Waals surface area contributed by atoms with E-state index in [0.29, 0.717) is 26.7 Å². The molecule has 3 aromatic rings. The van der Waals surface area contributed by atoms with Gasteiger partial charge in [0.25, 0.3) is 0 Å². The average molecular weight is 381 g/mol. The Morgan fingerprint density at radius 2 is 2.08 bits per heavy atom. The molecule has 0 saturated heterocycles. The van der Waals surface area contributed by atoms with Crippen LogP contribution in [-0.4, -0.2) is 38.9 Å². The van der Waals surface area contributed by atoms with Crippen LogP contribution in [0.1, 0.15) is 0 Å². The number of H-pyrrole nitrogens is 1. The van der Waals surface area contributed by atoms with Crippen molar-refractivity contribution in [2.24, 2.45) is 0 Å². The first kappa shape index (κ1) is 17.0. The van der Waals surface area contributed by atoms with Gasteiger partial charge < -0.3 is 9.47 Å². The normalized spacial score (nSPS) is 10.6. The van der Waals surface area contributed by atoms with Gasteiger partial charge in [0.05, 0.1) is 24.8 Å². The van der Waals surface area contributed by atoms with Crippen molar-refractivity contribution in [1.29, 1.82) is 0 Å². The molecule has 1 N–H and O–H groups in total. The van der Waals surface area contributed by atoms with Crippen LogP contribution in [0.2, 0.25) is 0 Å². The van der Waals surface area contributed by atoms with Crippen molar-refractivity contribution >= 4 is 28.1 Å². The molecule has 2 heterocycles. The molecule has 0 aliphatic carbocycles. The standard InChI is InChI=1S/C13H11N5O5S2/c1-22-8-4-3-7(5-9(8)23-2)17-11(19)15-16-12(17)25-13-14-6-10(24-13)18(20)21/h3-6H,1-2H3,(H,15,19). The highest BCUT2D eigenvalue weighted by Crippen LogP contribution is 2.34. The largest absolute Gasteiger partial charge is 0.493 e. The van der Waals surface area contributed by atoms with Crippen LogP contribution in [0.4, 0.5) is 5.00 Å². The van der Waals surface area contributed by atoms with Gasteiger partial charge in [0.2, 0.25) is 5.16 Å². The highest BCUT2D eigenvalue weighted by atomic mass is 32.2. The second kappa shape index (κ2) is 6.94. The molecule has 1 aromatic carbocycles.